The molecule has 4 aromatic rings. The van der Waals surface area contributed by atoms with Gasteiger partial charge in [-0.25, -0.2) is 4.79 Å². The van der Waals surface area contributed by atoms with E-state index in [0.717, 1.165) is 33.0 Å². The van der Waals surface area contributed by atoms with Crippen molar-refractivity contribution in [1.82, 2.24) is 0 Å². The highest BCUT2D eigenvalue weighted by Crippen LogP contribution is 2.45. The predicted molar refractivity (Wildman–Crippen MR) is 113 cm³/mol. The SMILES string of the molecule is C=Cc1ccc(C(=O)OC2c3ccccc3-c3cccc4cccc2c34)cc1. The van der Waals surface area contributed by atoms with Gasteiger partial charge in [0.15, 0.2) is 6.10 Å². The van der Waals surface area contributed by atoms with Crippen molar-refractivity contribution in [3.63, 3.8) is 0 Å². The molecule has 0 heterocycles. The summed E-state index contributed by atoms with van der Waals surface area (Å²) in [6.07, 6.45) is 1.32. The zero-order valence-electron chi connectivity index (χ0n) is 15.3. The molecule has 0 amide bonds. The molecular weight excluding hydrogens is 344 g/mol. The molecule has 0 fully saturated rings. The number of rotatable bonds is 3. The van der Waals surface area contributed by atoms with Gasteiger partial charge in [-0.15, -0.1) is 0 Å². The van der Waals surface area contributed by atoms with Gasteiger partial charge in [0.1, 0.15) is 0 Å². The summed E-state index contributed by atoms with van der Waals surface area (Å²) in [7, 11) is 0. The van der Waals surface area contributed by atoms with Crippen LogP contribution < -0.4 is 0 Å². The summed E-state index contributed by atoms with van der Waals surface area (Å²) < 4.78 is 6.06. The average molecular weight is 362 g/mol. The first-order valence-electron chi connectivity index (χ1n) is 9.30. The molecule has 0 saturated carbocycles. The van der Waals surface area contributed by atoms with E-state index in [9.17, 15) is 4.79 Å². The molecule has 0 aliphatic heterocycles. The molecule has 5 rings (SSSR count). The first kappa shape index (κ1) is 16.5. The number of carbonyl (C=O) groups is 1. The highest BCUT2D eigenvalue weighted by molar-refractivity contribution is 6.02. The van der Waals surface area contributed by atoms with Gasteiger partial charge in [-0.1, -0.05) is 85.5 Å². The summed E-state index contributed by atoms with van der Waals surface area (Å²) in [5, 5.41) is 2.31. The molecule has 1 atom stereocenters. The Labute approximate surface area is 163 Å². The number of fused-ring (bicyclic) bond motifs is 2. The maximum absolute atomic E-state index is 12.9. The van der Waals surface area contributed by atoms with Crippen molar-refractivity contribution < 1.29 is 9.53 Å². The molecule has 0 radical (unpaired) electrons. The maximum Gasteiger partial charge on any atom is 0.339 e. The van der Waals surface area contributed by atoms with Gasteiger partial charge in [-0.2, -0.15) is 0 Å². The van der Waals surface area contributed by atoms with E-state index in [0.29, 0.717) is 5.56 Å². The Kier molecular flexibility index (Phi) is 3.84. The Morgan fingerprint density at radius 2 is 1.46 bits per heavy atom. The molecule has 2 nitrogen and oxygen atoms in total. The lowest BCUT2D eigenvalue weighted by molar-refractivity contribution is 0.0380. The van der Waals surface area contributed by atoms with Crippen molar-refractivity contribution in [2.45, 2.75) is 6.10 Å². The summed E-state index contributed by atoms with van der Waals surface area (Å²) in [5.41, 5.74) is 5.86. The monoisotopic (exact) mass is 362 g/mol. The molecule has 4 aromatic carbocycles. The Morgan fingerprint density at radius 3 is 2.25 bits per heavy atom. The van der Waals surface area contributed by atoms with Gasteiger partial charge < -0.3 is 4.74 Å². The van der Waals surface area contributed by atoms with Gasteiger partial charge in [0.2, 0.25) is 0 Å². The summed E-state index contributed by atoms with van der Waals surface area (Å²) in [5.74, 6) is -0.327. The summed E-state index contributed by atoms with van der Waals surface area (Å²) in [6, 6.07) is 28.0. The molecule has 134 valence electrons. The molecule has 0 aromatic heterocycles. The minimum Gasteiger partial charge on any atom is -0.449 e. The van der Waals surface area contributed by atoms with E-state index in [4.69, 9.17) is 4.74 Å². The smallest absolute Gasteiger partial charge is 0.339 e. The second-order valence-corrected chi connectivity index (χ2v) is 6.95. The van der Waals surface area contributed by atoms with E-state index in [2.05, 4.69) is 43.0 Å². The van der Waals surface area contributed by atoms with Crippen LogP contribution in [0, 0.1) is 0 Å². The Hall–Kier alpha value is -3.65. The highest BCUT2D eigenvalue weighted by atomic mass is 16.5. The van der Waals surface area contributed by atoms with Crippen LogP contribution >= 0.6 is 0 Å². The van der Waals surface area contributed by atoms with Crippen LogP contribution in [0.3, 0.4) is 0 Å². The minimum atomic E-state index is -0.429. The third-order valence-electron chi connectivity index (χ3n) is 5.36. The summed E-state index contributed by atoms with van der Waals surface area (Å²) in [6.45, 7) is 3.75. The van der Waals surface area contributed by atoms with Crippen molar-refractivity contribution in [1.29, 1.82) is 0 Å². The van der Waals surface area contributed by atoms with Crippen LogP contribution in [-0.4, -0.2) is 5.97 Å². The number of benzene rings is 4. The standard InChI is InChI=1S/C26H18O2/c1-2-17-13-15-19(16-14-17)26(27)28-25-22-10-4-3-9-20(22)21-11-5-7-18-8-6-12-23(25)24(18)21/h2-16,25H,1H2. The van der Waals surface area contributed by atoms with Crippen molar-refractivity contribution in [2.75, 3.05) is 0 Å². The molecule has 28 heavy (non-hydrogen) atoms. The Balaban J connectivity index is 1.63. The number of hydrogen-bond donors (Lipinski definition) is 0. The van der Waals surface area contributed by atoms with Gasteiger partial charge in [0, 0.05) is 11.1 Å². The normalized spacial score (nSPS) is 14.4. The minimum absolute atomic E-state index is 0.327. The van der Waals surface area contributed by atoms with Crippen molar-refractivity contribution >= 4 is 22.8 Å². The van der Waals surface area contributed by atoms with Crippen LogP contribution in [0.2, 0.25) is 0 Å². The van der Waals surface area contributed by atoms with Gasteiger partial charge in [0.05, 0.1) is 5.56 Å². The van der Waals surface area contributed by atoms with E-state index in [-0.39, 0.29) is 5.97 Å². The third-order valence-corrected chi connectivity index (χ3v) is 5.36. The summed E-state index contributed by atoms with van der Waals surface area (Å²) >= 11 is 0. The zero-order chi connectivity index (χ0) is 19.1. The molecule has 0 bridgehead atoms. The van der Waals surface area contributed by atoms with Gasteiger partial charge >= 0.3 is 5.97 Å². The second-order valence-electron chi connectivity index (χ2n) is 6.95. The zero-order valence-corrected chi connectivity index (χ0v) is 15.3. The van der Waals surface area contributed by atoms with E-state index < -0.39 is 6.10 Å². The molecule has 0 spiro atoms. The number of carbonyl (C=O) groups excluding carboxylic acids is 1. The van der Waals surface area contributed by atoms with Crippen LogP contribution in [0.5, 0.6) is 0 Å². The molecule has 0 N–H and O–H groups in total. The van der Waals surface area contributed by atoms with Crippen LogP contribution in [0.1, 0.15) is 33.2 Å². The van der Waals surface area contributed by atoms with Crippen molar-refractivity contribution in [2.24, 2.45) is 0 Å². The number of hydrogen-bond acceptors (Lipinski definition) is 2. The molecule has 1 unspecified atom stereocenters. The lowest BCUT2D eigenvalue weighted by Gasteiger charge is -2.28. The van der Waals surface area contributed by atoms with Crippen LogP contribution in [-0.2, 0) is 4.74 Å². The molecular formula is C26H18O2. The fourth-order valence-electron chi connectivity index (χ4n) is 4.01. The van der Waals surface area contributed by atoms with E-state index >= 15 is 0 Å². The first-order chi connectivity index (χ1) is 13.8. The second kappa shape index (κ2) is 6.50. The van der Waals surface area contributed by atoms with Crippen LogP contribution in [0.4, 0.5) is 0 Å². The quantitative estimate of drug-likeness (QED) is 0.394. The van der Waals surface area contributed by atoms with Gasteiger partial charge in [-0.05, 0) is 39.6 Å². The molecule has 1 aliphatic rings. The Morgan fingerprint density at radius 1 is 0.786 bits per heavy atom. The Bertz CT molecular complexity index is 1210. The number of ether oxygens (including phenoxy) is 1. The lowest BCUT2D eigenvalue weighted by atomic mass is 9.82. The maximum atomic E-state index is 12.9. The van der Waals surface area contributed by atoms with Crippen LogP contribution in [0.15, 0.2) is 91.5 Å². The number of esters is 1. The van der Waals surface area contributed by atoms with E-state index in [1.165, 1.54) is 5.56 Å². The van der Waals surface area contributed by atoms with Gasteiger partial charge in [-0.3, -0.25) is 0 Å². The predicted octanol–water partition coefficient (Wildman–Crippen LogP) is 6.41. The van der Waals surface area contributed by atoms with Gasteiger partial charge in [0.25, 0.3) is 0 Å². The van der Waals surface area contributed by atoms with E-state index in [1.54, 1.807) is 18.2 Å². The third kappa shape index (κ3) is 2.54. The van der Waals surface area contributed by atoms with Crippen LogP contribution in [0.25, 0.3) is 28.0 Å². The molecule has 1 aliphatic carbocycles. The topological polar surface area (TPSA) is 26.3 Å². The fourth-order valence-corrected chi connectivity index (χ4v) is 4.01. The first-order valence-corrected chi connectivity index (χ1v) is 9.30. The van der Waals surface area contributed by atoms with Crippen molar-refractivity contribution in [3.05, 3.63) is 114 Å². The molecule has 0 saturated heterocycles. The highest BCUT2D eigenvalue weighted by Gasteiger charge is 2.29. The lowest BCUT2D eigenvalue weighted by Crippen LogP contribution is -2.16. The molecule has 2 heteroatoms. The van der Waals surface area contributed by atoms with Crippen molar-refractivity contribution in [3.8, 4) is 11.1 Å². The average Bonchev–Trinajstić information content (AvgIpc) is 2.76. The fraction of sp³-hybridized carbons (Fsp3) is 0.0385. The largest absolute Gasteiger partial charge is 0.449 e. The summed E-state index contributed by atoms with van der Waals surface area (Å²) in [4.78, 5) is 12.9. The van der Waals surface area contributed by atoms with E-state index in [1.807, 2.05) is 36.4 Å².